The molecule has 1 atom stereocenters. The van der Waals surface area contributed by atoms with E-state index in [1.165, 1.54) is 4.90 Å². The van der Waals surface area contributed by atoms with Gasteiger partial charge in [0, 0.05) is 13.1 Å². The van der Waals surface area contributed by atoms with Gasteiger partial charge < -0.3 is 10.6 Å². The summed E-state index contributed by atoms with van der Waals surface area (Å²) in [7, 11) is 0. The zero-order valence-electron chi connectivity index (χ0n) is 12.3. The maximum atomic E-state index is 12.3. The Balaban J connectivity index is 2.32. The van der Waals surface area contributed by atoms with E-state index in [0.29, 0.717) is 32.6 Å². The highest BCUT2D eigenvalue weighted by atomic mass is 19.4. The summed E-state index contributed by atoms with van der Waals surface area (Å²) in [6, 6.07) is 0. The topological polar surface area (TPSA) is 44.4 Å². The van der Waals surface area contributed by atoms with Crippen LogP contribution in [-0.2, 0) is 4.79 Å². The lowest BCUT2D eigenvalue weighted by atomic mass is 10.0. The molecule has 118 valence electrons. The van der Waals surface area contributed by atoms with Crippen LogP contribution in [0.4, 0.5) is 13.2 Å². The number of likely N-dealkylation sites (N-methyl/N-ethyl adjacent to an activating group) is 1. The summed E-state index contributed by atoms with van der Waals surface area (Å²) >= 11 is 0. The van der Waals surface area contributed by atoms with Gasteiger partial charge in [-0.2, -0.15) is 13.2 Å². The van der Waals surface area contributed by atoms with Gasteiger partial charge in [0.05, 0.1) is 12.1 Å². The molecule has 1 unspecified atom stereocenters. The first-order chi connectivity index (χ1) is 9.14. The lowest BCUT2D eigenvalue weighted by molar-refractivity contribution is -0.143. The lowest BCUT2D eigenvalue weighted by Gasteiger charge is -2.25. The fourth-order valence-corrected chi connectivity index (χ4v) is 2.46. The second-order valence-corrected chi connectivity index (χ2v) is 5.87. The van der Waals surface area contributed by atoms with Crippen LogP contribution in [0.3, 0.4) is 0 Å². The van der Waals surface area contributed by atoms with Gasteiger partial charge >= 0.3 is 6.18 Å². The highest BCUT2D eigenvalue weighted by Gasteiger charge is 2.34. The van der Waals surface area contributed by atoms with E-state index in [0.717, 1.165) is 0 Å². The van der Waals surface area contributed by atoms with E-state index in [9.17, 15) is 18.0 Å². The second-order valence-electron chi connectivity index (χ2n) is 5.87. The lowest BCUT2D eigenvalue weighted by Crippen LogP contribution is -2.53. The van der Waals surface area contributed by atoms with E-state index in [1.54, 1.807) is 13.8 Å². The normalized spacial score (nSPS) is 21.2. The molecule has 0 aromatic heterocycles. The van der Waals surface area contributed by atoms with Crippen molar-refractivity contribution in [3.8, 4) is 0 Å². The first-order valence-electron chi connectivity index (χ1n) is 6.96. The Morgan fingerprint density at radius 1 is 1.35 bits per heavy atom. The number of likely N-dealkylation sites (tertiary alicyclic amines) is 1. The largest absolute Gasteiger partial charge is 0.401 e. The molecule has 20 heavy (non-hydrogen) atoms. The average Bonchev–Trinajstić information content (AvgIpc) is 2.70. The molecule has 0 saturated carbocycles. The molecule has 1 heterocycles. The van der Waals surface area contributed by atoms with Gasteiger partial charge in [-0.05, 0) is 39.3 Å². The van der Waals surface area contributed by atoms with Crippen molar-refractivity contribution in [1.29, 1.82) is 0 Å². The molecular formula is C13H24F3N3O. The molecule has 1 rings (SSSR count). The van der Waals surface area contributed by atoms with E-state index in [4.69, 9.17) is 0 Å². The second kappa shape index (κ2) is 6.76. The van der Waals surface area contributed by atoms with Crippen molar-refractivity contribution in [3.05, 3.63) is 0 Å². The van der Waals surface area contributed by atoms with Crippen molar-refractivity contribution in [2.24, 2.45) is 5.92 Å². The summed E-state index contributed by atoms with van der Waals surface area (Å²) in [5.74, 6) is -0.0210. The number of hydrogen-bond donors (Lipinski definition) is 2. The number of alkyl halides is 3. The molecule has 1 saturated heterocycles. The predicted octanol–water partition coefficient (Wildman–Crippen LogP) is 1.37. The quantitative estimate of drug-likeness (QED) is 0.778. The number of hydrogen-bond acceptors (Lipinski definition) is 3. The van der Waals surface area contributed by atoms with Crippen LogP contribution in [-0.4, -0.2) is 55.2 Å². The van der Waals surface area contributed by atoms with E-state index < -0.39 is 18.3 Å². The minimum absolute atomic E-state index is 0.0960. The highest BCUT2D eigenvalue weighted by molar-refractivity contribution is 5.85. The van der Waals surface area contributed by atoms with Gasteiger partial charge in [0.2, 0.25) is 5.91 Å². The summed E-state index contributed by atoms with van der Waals surface area (Å²) < 4.78 is 36.8. The third-order valence-corrected chi connectivity index (χ3v) is 3.51. The standard InChI is InChI=1S/C13H24F3N3O/c1-4-18-12(2,3)11(20)17-7-10-5-6-19(8-10)9-13(14,15)16/h10,18H,4-9H2,1-3H3,(H,17,20). The maximum Gasteiger partial charge on any atom is 0.401 e. The first kappa shape index (κ1) is 17.2. The number of carbonyl (C=O) groups is 1. The summed E-state index contributed by atoms with van der Waals surface area (Å²) in [5, 5.41) is 5.89. The minimum Gasteiger partial charge on any atom is -0.354 e. The summed E-state index contributed by atoms with van der Waals surface area (Å²) in [6.07, 6.45) is -3.46. The van der Waals surface area contributed by atoms with Gasteiger partial charge in [0.25, 0.3) is 0 Å². The third kappa shape index (κ3) is 5.66. The number of amides is 1. The van der Waals surface area contributed by atoms with Crippen LogP contribution in [0.25, 0.3) is 0 Å². The van der Waals surface area contributed by atoms with Crippen molar-refractivity contribution < 1.29 is 18.0 Å². The van der Waals surface area contributed by atoms with Crippen LogP contribution in [0.2, 0.25) is 0 Å². The van der Waals surface area contributed by atoms with Crippen molar-refractivity contribution in [2.75, 3.05) is 32.7 Å². The average molecular weight is 295 g/mol. The van der Waals surface area contributed by atoms with E-state index in [-0.39, 0.29) is 11.8 Å². The third-order valence-electron chi connectivity index (χ3n) is 3.51. The highest BCUT2D eigenvalue weighted by Crippen LogP contribution is 2.22. The zero-order valence-corrected chi connectivity index (χ0v) is 12.3. The summed E-state index contributed by atoms with van der Waals surface area (Å²) in [6.45, 7) is 6.58. The number of nitrogens with one attached hydrogen (secondary N) is 2. The Kier molecular flexibility index (Phi) is 5.82. The molecule has 1 aliphatic heterocycles. The molecule has 0 aliphatic carbocycles. The Morgan fingerprint density at radius 2 is 2.00 bits per heavy atom. The number of nitrogens with zero attached hydrogens (tertiary/aromatic N) is 1. The van der Waals surface area contributed by atoms with Gasteiger partial charge in [-0.1, -0.05) is 6.92 Å². The van der Waals surface area contributed by atoms with Gasteiger partial charge in [-0.3, -0.25) is 9.69 Å². The van der Waals surface area contributed by atoms with Gasteiger partial charge in [-0.15, -0.1) is 0 Å². The van der Waals surface area contributed by atoms with Gasteiger partial charge in [0.15, 0.2) is 0 Å². The van der Waals surface area contributed by atoms with E-state index in [2.05, 4.69) is 10.6 Å². The van der Waals surface area contributed by atoms with Crippen LogP contribution >= 0.6 is 0 Å². The zero-order chi connectivity index (χ0) is 15.4. The summed E-state index contributed by atoms with van der Waals surface area (Å²) in [4.78, 5) is 13.3. The predicted molar refractivity (Wildman–Crippen MR) is 71.4 cm³/mol. The molecule has 0 aromatic rings. The molecule has 1 fully saturated rings. The van der Waals surface area contributed by atoms with Gasteiger partial charge in [0.1, 0.15) is 0 Å². The van der Waals surface area contributed by atoms with Crippen LogP contribution < -0.4 is 10.6 Å². The van der Waals surface area contributed by atoms with Crippen LogP contribution in [0.5, 0.6) is 0 Å². The Bertz CT molecular complexity index is 331. The van der Waals surface area contributed by atoms with Crippen LogP contribution in [0, 0.1) is 5.92 Å². The molecule has 0 radical (unpaired) electrons. The number of rotatable bonds is 6. The molecule has 0 bridgehead atoms. The Hall–Kier alpha value is -0.820. The molecule has 2 N–H and O–H groups in total. The fourth-order valence-electron chi connectivity index (χ4n) is 2.46. The molecule has 1 aliphatic rings. The molecule has 7 heteroatoms. The summed E-state index contributed by atoms with van der Waals surface area (Å²) in [5.41, 5.74) is -0.654. The smallest absolute Gasteiger partial charge is 0.354 e. The Labute approximate surface area is 118 Å². The van der Waals surface area contributed by atoms with Gasteiger partial charge in [-0.25, -0.2) is 0 Å². The molecule has 1 amide bonds. The monoisotopic (exact) mass is 295 g/mol. The maximum absolute atomic E-state index is 12.3. The van der Waals surface area contributed by atoms with E-state index in [1.807, 2.05) is 6.92 Å². The number of carbonyl (C=O) groups excluding carboxylic acids is 1. The molecule has 0 spiro atoms. The van der Waals surface area contributed by atoms with Crippen molar-refractivity contribution in [3.63, 3.8) is 0 Å². The van der Waals surface area contributed by atoms with Crippen molar-refractivity contribution in [2.45, 2.75) is 38.9 Å². The van der Waals surface area contributed by atoms with Crippen LogP contribution in [0.1, 0.15) is 27.2 Å². The van der Waals surface area contributed by atoms with Crippen molar-refractivity contribution in [1.82, 2.24) is 15.5 Å². The fraction of sp³-hybridized carbons (Fsp3) is 0.923. The van der Waals surface area contributed by atoms with Crippen LogP contribution in [0.15, 0.2) is 0 Å². The SMILES string of the molecule is CCNC(C)(C)C(=O)NCC1CCN(CC(F)(F)F)C1. The van der Waals surface area contributed by atoms with E-state index >= 15 is 0 Å². The molecule has 4 nitrogen and oxygen atoms in total. The Morgan fingerprint density at radius 3 is 2.55 bits per heavy atom. The molecule has 0 aromatic carbocycles. The van der Waals surface area contributed by atoms with Crippen molar-refractivity contribution >= 4 is 5.91 Å². The first-order valence-corrected chi connectivity index (χ1v) is 6.96. The molecular weight excluding hydrogens is 271 g/mol. The minimum atomic E-state index is -4.15. The number of halogens is 3.